The van der Waals surface area contributed by atoms with Gasteiger partial charge < -0.3 is 15.1 Å². The second kappa shape index (κ2) is 9.19. The number of nitrogens with one attached hydrogen (secondary N) is 1. The molecule has 0 aliphatic carbocycles. The van der Waals surface area contributed by atoms with Crippen molar-refractivity contribution in [2.45, 2.75) is 37.8 Å². The molecule has 0 amide bonds. The Kier molecular flexibility index (Phi) is 6.96. The van der Waals surface area contributed by atoms with E-state index in [1.54, 1.807) is 6.07 Å². The highest BCUT2D eigenvalue weighted by Crippen LogP contribution is 2.23. The van der Waals surface area contributed by atoms with E-state index in [0.29, 0.717) is 12.1 Å². The molecule has 3 nitrogen and oxygen atoms in total. The summed E-state index contributed by atoms with van der Waals surface area (Å²) in [5.41, 5.74) is 0.791. The Morgan fingerprint density at radius 2 is 1.64 bits per heavy atom. The quantitative estimate of drug-likeness (QED) is 0.828. The molecule has 2 heterocycles. The van der Waals surface area contributed by atoms with E-state index in [9.17, 15) is 8.78 Å². The van der Waals surface area contributed by atoms with Crippen molar-refractivity contribution in [1.29, 1.82) is 0 Å². The van der Waals surface area contributed by atoms with Crippen LogP contribution < -0.4 is 10.2 Å². The summed E-state index contributed by atoms with van der Waals surface area (Å²) in [6.07, 6.45) is 6.76. The first-order valence-corrected chi connectivity index (χ1v) is 10.7. The number of rotatable bonds is 6. The minimum Gasteiger partial charge on any atom is -0.371 e. The first-order chi connectivity index (χ1) is 12.2. The highest BCUT2D eigenvalue weighted by molar-refractivity contribution is 7.98. The van der Waals surface area contributed by atoms with Crippen LogP contribution >= 0.6 is 11.8 Å². The molecule has 1 N–H and O–H groups in total. The standard InChI is InChI=1S/C19H29F2N3S/c1-25-13-12-23-8-4-15(5-9-23)22-16-6-10-24(11-7-16)17-2-3-18(20)19(21)14-17/h2-3,14-16,22H,4-13H2,1H3. The molecule has 0 aromatic heterocycles. The van der Waals surface area contributed by atoms with E-state index < -0.39 is 11.6 Å². The molecule has 0 saturated carbocycles. The Morgan fingerprint density at radius 3 is 2.24 bits per heavy atom. The van der Waals surface area contributed by atoms with Crippen LogP contribution in [0.15, 0.2) is 18.2 Å². The van der Waals surface area contributed by atoms with Crippen LogP contribution in [0.25, 0.3) is 0 Å². The summed E-state index contributed by atoms with van der Waals surface area (Å²) in [4.78, 5) is 4.73. The van der Waals surface area contributed by atoms with E-state index in [1.165, 1.54) is 50.4 Å². The fraction of sp³-hybridized carbons (Fsp3) is 0.684. The Morgan fingerprint density at radius 1 is 1.00 bits per heavy atom. The van der Waals surface area contributed by atoms with Gasteiger partial charge in [0.15, 0.2) is 11.6 Å². The normalized spacial score (nSPS) is 21.0. The number of piperidine rings is 2. The minimum atomic E-state index is -0.774. The number of likely N-dealkylation sites (tertiary alicyclic amines) is 1. The van der Waals surface area contributed by atoms with Crippen molar-refractivity contribution in [3.05, 3.63) is 29.8 Å². The lowest BCUT2D eigenvalue weighted by Gasteiger charge is -2.38. The van der Waals surface area contributed by atoms with E-state index in [2.05, 4.69) is 21.4 Å². The predicted molar refractivity (Wildman–Crippen MR) is 103 cm³/mol. The molecule has 140 valence electrons. The summed E-state index contributed by atoms with van der Waals surface area (Å²) < 4.78 is 26.5. The Hall–Kier alpha value is -0.850. The highest BCUT2D eigenvalue weighted by atomic mass is 32.2. The third kappa shape index (κ3) is 5.31. The van der Waals surface area contributed by atoms with Gasteiger partial charge in [-0.3, -0.25) is 0 Å². The van der Waals surface area contributed by atoms with E-state index in [1.807, 2.05) is 11.8 Å². The van der Waals surface area contributed by atoms with E-state index in [4.69, 9.17) is 0 Å². The Labute approximate surface area is 154 Å². The highest BCUT2D eigenvalue weighted by Gasteiger charge is 2.25. The topological polar surface area (TPSA) is 18.5 Å². The van der Waals surface area contributed by atoms with Gasteiger partial charge in [0.25, 0.3) is 0 Å². The lowest BCUT2D eigenvalue weighted by molar-refractivity contribution is 0.195. The lowest BCUT2D eigenvalue weighted by Crippen LogP contribution is -2.50. The number of thioether (sulfide) groups is 1. The zero-order valence-corrected chi connectivity index (χ0v) is 15.8. The summed E-state index contributed by atoms with van der Waals surface area (Å²) in [6, 6.07) is 5.39. The molecular formula is C19H29F2N3S. The van der Waals surface area contributed by atoms with Crippen molar-refractivity contribution >= 4 is 17.4 Å². The third-order valence-corrected chi connectivity index (χ3v) is 6.02. The lowest BCUT2D eigenvalue weighted by atomic mass is 9.99. The molecular weight excluding hydrogens is 340 g/mol. The summed E-state index contributed by atoms with van der Waals surface area (Å²) in [6.45, 7) is 5.41. The van der Waals surface area contributed by atoms with Crippen LogP contribution in [0.3, 0.4) is 0 Å². The van der Waals surface area contributed by atoms with E-state index in [-0.39, 0.29) is 0 Å². The summed E-state index contributed by atoms with van der Waals surface area (Å²) in [7, 11) is 0. The molecule has 1 aromatic rings. The third-order valence-electron chi connectivity index (χ3n) is 5.43. The van der Waals surface area contributed by atoms with Crippen LogP contribution in [-0.4, -0.2) is 61.7 Å². The van der Waals surface area contributed by atoms with Crippen LogP contribution in [0.5, 0.6) is 0 Å². The van der Waals surface area contributed by atoms with Crippen molar-refractivity contribution < 1.29 is 8.78 Å². The van der Waals surface area contributed by atoms with Gasteiger partial charge in [0.2, 0.25) is 0 Å². The summed E-state index contributed by atoms with van der Waals surface area (Å²) >= 11 is 1.92. The first-order valence-electron chi connectivity index (χ1n) is 9.33. The molecule has 0 bridgehead atoms. The van der Waals surface area contributed by atoms with Gasteiger partial charge in [-0.05, 0) is 57.2 Å². The number of halogens is 2. The predicted octanol–water partition coefficient (Wildman–Crippen LogP) is 3.35. The van der Waals surface area contributed by atoms with Crippen LogP contribution in [0.2, 0.25) is 0 Å². The molecule has 2 saturated heterocycles. The molecule has 25 heavy (non-hydrogen) atoms. The Bertz CT molecular complexity index is 541. The first kappa shape index (κ1) is 18.9. The molecule has 0 radical (unpaired) electrons. The zero-order valence-electron chi connectivity index (χ0n) is 15.0. The summed E-state index contributed by atoms with van der Waals surface area (Å²) in [5.74, 6) is -0.310. The fourth-order valence-electron chi connectivity index (χ4n) is 3.86. The van der Waals surface area contributed by atoms with Gasteiger partial charge in [-0.15, -0.1) is 0 Å². The number of hydrogen-bond acceptors (Lipinski definition) is 4. The van der Waals surface area contributed by atoms with Gasteiger partial charge in [-0.25, -0.2) is 8.78 Å². The smallest absolute Gasteiger partial charge is 0.160 e. The average Bonchev–Trinajstić information content (AvgIpc) is 2.64. The van der Waals surface area contributed by atoms with Crippen LogP contribution in [0, 0.1) is 11.6 Å². The van der Waals surface area contributed by atoms with Crippen molar-refractivity contribution in [2.24, 2.45) is 0 Å². The minimum absolute atomic E-state index is 0.546. The van der Waals surface area contributed by atoms with Crippen LogP contribution in [0.1, 0.15) is 25.7 Å². The van der Waals surface area contributed by atoms with E-state index in [0.717, 1.165) is 31.6 Å². The number of benzene rings is 1. The van der Waals surface area contributed by atoms with Crippen molar-refractivity contribution in [2.75, 3.05) is 49.6 Å². The average molecular weight is 370 g/mol. The molecule has 2 aliphatic heterocycles. The molecule has 6 heteroatoms. The van der Waals surface area contributed by atoms with E-state index >= 15 is 0 Å². The van der Waals surface area contributed by atoms with Crippen molar-refractivity contribution in [3.8, 4) is 0 Å². The maximum Gasteiger partial charge on any atom is 0.160 e. The largest absolute Gasteiger partial charge is 0.371 e. The molecule has 2 aliphatic rings. The van der Waals surface area contributed by atoms with Gasteiger partial charge in [-0.1, -0.05) is 0 Å². The molecule has 3 rings (SSSR count). The maximum absolute atomic E-state index is 13.4. The van der Waals surface area contributed by atoms with Crippen molar-refractivity contribution in [1.82, 2.24) is 10.2 Å². The number of hydrogen-bond donors (Lipinski definition) is 1. The number of nitrogens with zero attached hydrogens (tertiary/aromatic N) is 2. The SMILES string of the molecule is CSCCN1CCC(NC2CCN(c3ccc(F)c(F)c3)CC2)CC1. The molecule has 0 atom stereocenters. The van der Waals surface area contributed by atoms with Gasteiger partial charge in [0.1, 0.15) is 0 Å². The molecule has 0 unspecified atom stereocenters. The zero-order chi connectivity index (χ0) is 17.6. The molecule has 1 aromatic carbocycles. The van der Waals surface area contributed by atoms with Gasteiger partial charge in [-0.2, -0.15) is 11.8 Å². The fourth-order valence-corrected chi connectivity index (χ4v) is 4.30. The van der Waals surface area contributed by atoms with Gasteiger partial charge >= 0.3 is 0 Å². The number of anilines is 1. The Balaban J connectivity index is 1.40. The second-order valence-corrected chi connectivity index (χ2v) is 8.12. The second-order valence-electron chi connectivity index (χ2n) is 7.14. The van der Waals surface area contributed by atoms with Gasteiger partial charge in [0.05, 0.1) is 0 Å². The molecule has 2 fully saturated rings. The maximum atomic E-state index is 13.4. The van der Waals surface area contributed by atoms with Crippen LogP contribution in [-0.2, 0) is 0 Å². The molecule has 0 spiro atoms. The summed E-state index contributed by atoms with van der Waals surface area (Å²) in [5, 5.41) is 3.83. The monoisotopic (exact) mass is 369 g/mol. The van der Waals surface area contributed by atoms with Crippen LogP contribution in [0.4, 0.5) is 14.5 Å². The van der Waals surface area contributed by atoms with Gasteiger partial charge in [0, 0.05) is 49.2 Å². The van der Waals surface area contributed by atoms with Crippen molar-refractivity contribution in [3.63, 3.8) is 0 Å².